The number of halogens is 1. The Morgan fingerprint density at radius 3 is 2.85 bits per heavy atom. The van der Waals surface area contributed by atoms with Gasteiger partial charge in [0.2, 0.25) is 17.6 Å². The van der Waals surface area contributed by atoms with Crippen LogP contribution >= 0.6 is 11.8 Å². The second-order valence-corrected chi connectivity index (χ2v) is 7.22. The summed E-state index contributed by atoms with van der Waals surface area (Å²) in [6, 6.07) is 12.8. The highest BCUT2D eigenvalue weighted by atomic mass is 32.2. The molecule has 0 fully saturated rings. The van der Waals surface area contributed by atoms with Crippen LogP contribution in [0.1, 0.15) is 22.6 Å². The molecule has 0 radical (unpaired) electrons. The van der Waals surface area contributed by atoms with E-state index in [0.29, 0.717) is 40.9 Å². The van der Waals surface area contributed by atoms with Gasteiger partial charge in [0.05, 0.1) is 11.5 Å². The first-order valence-corrected chi connectivity index (χ1v) is 9.66. The van der Waals surface area contributed by atoms with Crippen molar-refractivity contribution < 1.29 is 13.7 Å². The Labute approximate surface area is 161 Å². The minimum absolute atomic E-state index is 0.0538. The number of hydrogen-bond acceptors (Lipinski definition) is 5. The summed E-state index contributed by atoms with van der Waals surface area (Å²) in [5.41, 5.74) is 3.36. The number of hydrogen-bond donors (Lipinski definition) is 1. The third-order valence-corrected chi connectivity index (χ3v) is 4.85. The van der Waals surface area contributed by atoms with Crippen molar-refractivity contribution in [3.05, 3.63) is 70.9 Å². The normalized spacial score (nSPS) is 10.8. The number of carbonyl (C=O) groups excluding carboxylic acids is 1. The average molecular weight is 385 g/mol. The number of amides is 1. The first-order chi connectivity index (χ1) is 13.0. The van der Waals surface area contributed by atoms with Crippen molar-refractivity contribution >= 4 is 17.7 Å². The lowest BCUT2D eigenvalue weighted by Gasteiger charge is -2.05. The van der Waals surface area contributed by atoms with Gasteiger partial charge in [0.1, 0.15) is 5.82 Å². The van der Waals surface area contributed by atoms with Crippen molar-refractivity contribution in [1.29, 1.82) is 0 Å². The molecule has 0 unspecified atom stereocenters. The maximum Gasteiger partial charge on any atom is 0.236 e. The monoisotopic (exact) mass is 385 g/mol. The molecule has 0 saturated heterocycles. The van der Waals surface area contributed by atoms with Gasteiger partial charge >= 0.3 is 0 Å². The SMILES string of the molecule is Cc1cccc(CNC(=O)CSCc2nc(-c3ccc(C)c(F)c3)no2)c1. The Kier molecular flexibility index (Phi) is 6.24. The number of aryl methyl sites for hydroxylation is 2. The van der Waals surface area contributed by atoms with Crippen molar-refractivity contribution in [3.8, 4) is 11.4 Å². The molecule has 1 amide bonds. The second kappa shape index (κ2) is 8.81. The predicted octanol–water partition coefficient (Wildman–Crippen LogP) is 4.04. The number of nitrogens with one attached hydrogen (secondary N) is 1. The Balaban J connectivity index is 1.46. The predicted molar refractivity (Wildman–Crippen MR) is 104 cm³/mol. The van der Waals surface area contributed by atoms with E-state index in [4.69, 9.17) is 4.52 Å². The molecular formula is C20H20FN3O2S. The van der Waals surface area contributed by atoms with Crippen LogP contribution in [0.4, 0.5) is 4.39 Å². The first-order valence-electron chi connectivity index (χ1n) is 8.50. The zero-order valence-electron chi connectivity index (χ0n) is 15.2. The molecule has 0 aliphatic rings. The van der Waals surface area contributed by atoms with E-state index in [-0.39, 0.29) is 11.7 Å². The van der Waals surface area contributed by atoms with Crippen molar-refractivity contribution in [1.82, 2.24) is 15.5 Å². The van der Waals surface area contributed by atoms with Gasteiger partial charge in [-0.3, -0.25) is 4.79 Å². The molecule has 27 heavy (non-hydrogen) atoms. The molecule has 0 saturated carbocycles. The van der Waals surface area contributed by atoms with Crippen LogP contribution in [0.15, 0.2) is 47.0 Å². The molecule has 5 nitrogen and oxygen atoms in total. The molecule has 7 heteroatoms. The summed E-state index contributed by atoms with van der Waals surface area (Å²) in [6.45, 7) is 4.22. The molecule has 0 spiro atoms. The lowest BCUT2D eigenvalue weighted by atomic mass is 10.1. The van der Waals surface area contributed by atoms with E-state index in [1.165, 1.54) is 17.8 Å². The molecule has 1 N–H and O–H groups in total. The molecule has 3 aromatic rings. The van der Waals surface area contributed by atoms with Gasteiger partial charge in [-0.1, -0.05) is 47.1 Å². The lowest BCUT2D eigenvalue weighted by molar-refractivity contribution is -0.118. The number of nitrogens with zero attached hydrogens (tertiary/aromatic N) is 2. The number of aromatic nitrogens is 2. The quantitative estimate of drug-likeness (QED) is 0.665. The first kappa shape index (κ1) is 19.1. The molecule has 0 atom stereocenters. The van der Waals surface area contributed by atoms with Crippen LogP contribution in [0.2, 0.25) is 0 Å². The summed E-state index contributed by atoms with van der Waals surface area (Å²) in [7, 11) is 0. The van der Waals surface area contributed by atoms with Crippen molar-refractivity contribution in [2.24, 2.45) is 0 Å². The Morgan fingerprint density at radius 2 is 2.07 bits per heavy atom. The fourth-order valence-electron chi connectivity index (χ4n) is 2.47. The van der Waals surface area contributed by atoms with Crippen molar-refractivity contribution in [2.75, 3.05) is 5.75 Å². The van der Waals surface area contributed by atoms with Gasteiger partial charge in [0, 0.05) is 12.1 Å². The fraction of sp³-hybridized carbons (Fsp3) is 0.250. The summed E-state index contributed by atoms with van der Waals surface area (Å²) in [5, 5.41) is 6.76. The molecule has 1 heterocycles. The summed E-state index contributed by atoms with van der Waals surface area (Å²) >= 11 is 1.38. The number of benzene rings is 2. The number of rotatable bonds is 7. The molecule has 0 aliphatic heterocycles. The van der Waals surface area contributed by atoms with Gasteiger partial charge in [-0.2, -0.15) is 4.98 Å². The summed E-state index contributed by atoms with van der Waals surface area (Å²) in [4.78, 5) is 16.2. The molecular weight excluding hydrogens is 365 g/mol. The molecule has 3 rings (SSSR count). The highest BCUT2D eigenvalue weighted by Gasteiger charge is 2.11. The van der Waals surface area contributed by atoms with Crippen LogP contribution in [0, 0.1) is 19.7 Å². The van der Waals surface area contributed by atoms with Gasteiger partial charge in [0.25, 0.3) is 0 Å². The number of thioether (sulfide) groups is 1. The van der Waals surface area contributed by atoms with Crippen LogP contribution in [0.5, 0.6) is 0 Å². The largest absolute Gasteiger partial charge is 0.351 e. The third-order valence-electron chi connectivity index (χ3n) is 3.93. The highest BCUT2D eigenvalue weighted by molar-refractivity contribution is 7.99. The fourth-order valence-corrected chi connectivity index (χ4v) is 3.15. The molecule has 140 valence electrons. The van der Waals surface area contributed by atoms with Gasteiger partial charge in [-0.05, 0) is 31.0 Å². The average Bonchev–Trinajstić information content (AvgIpc) is 3.11. The highest BCUT2D eigenvalue weighted by Crippen LogP contribution is 2.20. The zero-order valence-corrected chi connectivity index (χ0v) is 16.0. The Bertz CT molecular complexity index is 942. The van der Waals surface area contributed by atoms with Crippen molar-refractivity contribution in [2.45, 2.75) is 26.1 Å². The van der Waals surface area contributed by atoms with Gasteiger partial charge in [-0.25, -0.2) is 4.39 Å². The number of carbonyl (C=O) groups is 1. The second-order valence-electron chi connectivity index (χ2n) is 6.23. The van der Waals surface area contributed by atoms with E-state index in [0.717, 1.165) is 11.1 Å². The summed E-state index contributed by atoms with van der Waals surface area (Å²) < 4.78 is 18.8. The van der Waals surface area contributed by atoms with Gasteiger partial charge in [0.15, 0.2) is 0 Å². The summed E-state index contributed by atoms with van der Waals surface area (Å²) in [5.74, 6) is 1.10. The molecule has 1 aromatic heterocycles. The van der Waals surface area contributed by atoms with Crippen LogP contribution in [-0.4, -0.2) is 21.8 Å². The van der Waals surface area contributed by atoms with E-state index in [1.54, 1.807) is 19.1 Å². The van der Waals surface area contributed by atoms with Crippen molar-refractivity contribution in [3.63, 3.8) is 0 Å². The van der Waals surface area contributed by atoms with E-state index < -0.39 is 0 Å². The standard InChI is InChI=1S/C20H20FN3O2S/c1-13-4-3-5-15(8-13)10-22-18(25)11-27-12-19-23-20(24-26-19)16-7-6-14(2)17(21)9-16/h3-9H,10-12H2,1-2H3,(H,22,25). The minimum atomic E-state index is -0.307. The maximum absolute atomic E-state index is 13.6. The maximum atomic E-state index is 13.6. The van der Waals surface area contributed by atoms with Crippen LogP contribution in [-0.2, 0) is 17.1 Å². The topological polar surface area (TPSA) is 68.0 Å². The van der Waals surface area contributed by atoms with E-state index in [2.05, 4.69) is 15.5 Å². The van der Waals surface area contributed by atoms with Crippen LogP contribution in [0.3, 0.4) is 0 Å². The van der Waals surface area contributed by atoms with E-state index in [1.807, 2.05) is 31.2 Å². The third kappa shape index (κ3) is 5.40. The molecule has 0 aliphatic carbocycles. The van der Waals surface area contributed by atoms with Crippen LogP contribution < -0.4 is 5.32 Å². The summed E-state index contributed by atoms with van der Waals surface area (Å²) in [6.07, 6.45) is 0. The van der Waals surface area contributed by atoms with Gasteiger partial charge < -0.3 is 9.84 Å². The molecule has 0 bridgehead atoms. The lowest BCUT2D eigenvalue weighted by Crippen LogP contribution is -2.24. The molecule has 2 aromatic carbocycles. The smallest absolute Gasteiger partial charge is 0.236 e. The van der Waals surface area contributed by atoms with Gasteiger partial charge in [-0.15, -0.1) is 11.8 Å². The zero-order chi connectivity index (χ0) is 19.2. The van der Waals surface area contributed by atoms with Crippen LogP contribution in [0.25, 0.3) is 11.4 Å². The Hall–Kier alpha value is -2.67. The van der Waals surface area contributed by atoms with E-state index >= 15 is 0 Å². The minimum Gasteiger partial charge on any atom is -0.351 e. The Morgan fingerprint density at radius 1 is 1.22 bits per heavy atom. The van der Waals surface area contributed by atoms with E-state index in [9.17, 15) is 9.18 Å².